The summed E-state index contributed by atoms with van der Waals surface area (Å²) in [7, 11) is 0. The Morgan fingerprint density at radius 1 is 1.62 bits per heavy atom. The lowest BCUT2D eigenvalue weighted by molar-refractivity contribution is 0.160. The van der Waals surface area contributed by atoms with Crippen LogP contribution in [0.5, 0.6) is 0 Å². The van der Waals surface area contributed by atoms with E-state index in [-0.39, 0.29) is 0 Å². The molecule has 0 rings (SSSR count). The topological polar surface area (TPSA) is 13.6 Å². The summed E-state index contributed by atoms with van der Waals surface area (Å²) >= 11 is 0. The molecule has 0 bridgehead atoms. The lowest BCUT2D eigenvalue weighted by Crippen LogP contribution is -1.94. The summed E-state index contributed by atoms with van der Waals surface area (Å²) in [4.78, 5) is 3.83. The van der Waals surface area contributed by atoms with Gasteiger partial charge in [-0.25, -0.2) is 0 Å². The van der Waals surface area contributed by atoms with Crippen LogP contribution in [0.2, 0.25) is 0 Å². The van der Waals surface area contributed by atoms with Crippen LogP contribution in [0.3, 0.4) is 0 Å². The third kappa shape index (κ3) is 5.45. The zero-order chi connectivity index (χ0) is 6.24. The van der Waals surface area contributed by atoms with Gasteiger partial charge in [-0.05, 0) is 6.92 Å². The predicted octanol–water partition coefficient (Wildman–Crippen LogP) is 1.38. The molecule has 0 aliphatic rings. The Hall–Kier alpha value is -0.550. The maximum atomic E-state index is 5.00. The SMILES string of the molecule is CC#[N+]CCOCC. The molecule has 2 heteroatoms. The molecule has 0 fully saturated rings. The standard InChI is InChI=1S/C6H12NO/c1-3-7-5-6-8-4-2/h4-6H2,1-2H3/q+1. The average Bonchev–Trinajstić information content (AvgIpc) is 1.81. The van der Waals surface area contributed by atoms with Crippen LogP contribution in [-0.2, 0) is 4.74 Å². The van der Waals surface area contributed by atoms with Gasteiger partial charge in [-0.15, -0.1) is 0 Å². The van der Waals surface area contributed by atoms with Gasteiger partial charge < -0.3 is 4.74 Å². The number of rotatable bonds is 3. The minimum absolute atomic E-state index is 0.720. The Labute approximate surface area is 50.3 Å². The van der Waals surface area contributed by atoms with Gasteiger partial charge in [0.05, 0.1) is 6.92 Å². The van der Waals surface area contributed by atoms with Crippen LogP contribution in [0, 0.1) is 6.07 Å². The van der Waals surface area contributed by atoms with Crippen LogP contribution < -0.4 is 0 Å². The van der Waals surface area contributed by atoms with Crippen molar-refractivity contribution in [2.24, 2.45) is 0 Å². The van der Waals surface area contributed by atoms with Crippen LogP contribution in [-0.4, -0.2) is 19.8 Å². The first-order valence-electron chi connectivity index (χ1n) is 2.82. The first kappa shape index (κ1) is 7.45. The van der Waals surface area contributed by atoms with Crippen molar-refractivity contribution in [2.75, 3.05) is 19.8 Å². The van der Waals surface area contributed by atoms with Crippen molar-refractivity contribution < 1.29 is 4.74 Å². The van der Waals surface area contributed by atoms with Gasteiger partial charge >= 0.3 is 0 Å². The summed E-state index contributed by atoms with van der Waals surface area (Å²) in [6.07, 6.45) is 0. The van der Waals surface area contributed by atoms with Gasteiger partial charge in [0.15, 0.2) is 0 Å². The van der Waals surface area contributed by atoms with Crippen molar-refractivity contribution >= 4 is 0 Å². The summed E-state index contributed by atoms with van der Waals surface area (Å²) in [6, 6.07) is 2.67. The van der Waals surface area contributed by atoms with Crippen molar-refractivity contribution in [2.45, 2.75) is 13.8 Å². The Kier molecular flexibility index (Phi) is 6.01. The van der Waals surface area contributed by atoms with E-state index in [1.54, 1.807) is 6.92 Å². The zero-order valence-corrected chi connectivity index (χ0v) is 5.48. The number of hydrogen-bond acceptors (Lipinski definition) is 1. The largest absolute Gasteiger partial charge is 0.374 e. The van der Waals surface area contributed by atoms with Gasteiger partial charge in [0.1, 0.15) is 6.61 Å². The monoisotopic (exact) mass is 114 g/mol. The molecule has 0 radical (unpaired) electrons. The van der Waals surface area contributed by atoms with E-state index in [0.29, 0.717) is 0 Å². The Bertz CT molecular complexity index is 90.4. The second-order valence-corrected chi connectivity index (χ2v) is 1.30. The highest BCUT2D eigenvalue weighted by Gasteiger charge is 1.86. The second-order valence-electron chi connectivity index (χ2n) is 1.30. The Morgan fingerprint density at radius 3 is 2.88 bits per heavy atom. The van der Waals surface area contributed by atoms with Gasteiger partial charge in [-0.1, -0.05) is 4.85 Å². The molecule has 0 amide bonds. The number of hydrogen-bond donors (Lipinski definition) is 0. The molecule has 0 saturated heterocycles. The van der Waals surface area contributed by atoms with E-state index < -0.39 is 0 Å². The highest BCUT2D eigenvalue weighted by atomic mass is 16.5. The van der Waals surface area contributed by atoms with Crippen LogP contribution in [0.1, 0.15) is 13.8 Å². The van der Waals surface area contributed by atoms with Gasteiger partial charge in [0.2, 0.25) is 0 Å². The van der Waals surface area contributed by atoms with E-state index >= 15 is 0 Å². The van der Waals surface area contributed by atoms with E-state index in [0.717, 1.165) is 19.8 Å². The van der Waals surface area contributed by atoms with E-state index in [9.17, 15) is 0 Å². The molecule has 0 spiro atoms. The fourth-order valence-electron chi connectivity index (χ4n) is 0.366. The lowest BCUT2D eigenvalue weighted by atomic mass is 10.7. The van der Waals surface area contributed by atoms with Crippen LogP contribution >= 0.6 is 0 Å². The molecule has 0 atom stereocenters. The average molecular weight is 114 g/mol. The summed E-state index contributed by atoms with van der Waals surface area (Å²) in [5, 5.41) is 0. The Morgan fingerprint density at radius 2 is 2.38 bits per heavy atom. The second kappa shape index (κ2) is 6.45. The molecule has 0 aliphatic carbocycles. The lowest BCUT2D eigenvalue weighted by Gasteiger charge is -1.86. The molecular weight excluding hydrogens is 102 g/mol. The summed E-state index contributed by atoms with van der Waals surface area (Å²) in [6.45, 7) is 5.99. The fourth-order valence-corrected chi connectivity index (χ4v) is 0.366. The van der Waals surface area contributed by atoms with Crippen molar-refractivity contribution in [1.82, 2.24) is 0 Å². The van der Waals surface area contributed by atoms with Gasteiger partial charge in [-0.3, -0.25) is 0 Å². The van der Waals surface area contributed by atoms with E-state index in [2.05, 4.69) is 10.9 Å². The van der Waals surface area contributed by atoms with Gasteiger partial charge in [0, 0.05) is 6.61 Å². The van der Waals surface area contributed by atoms with E-state index in [1.807, 2.05) is 6.92 Å². The maximum absolute atomic E-state index is 5.00. The first-order chi connectivity index (χ1) is 3.91. The van der Waals surface area contributed by atoms with Crippen LogP contribution in [0.15, 0.2) is 0 Å². The molecule has 0 aromatic heterocycles. The van der Waals surface area contributed by atoms with E-state index in [1.165, 1.54) is 0 Å². The predicted molar refractivity (Wildman–Crippen MR) is 34.3 cm³/mol. The molecule has 0 heterocycles. The third-order valence-corrected chi connectivity index (χ3v) is 0.710. The van der Waals surface area contributed by atoms with Crippen molar-refractivity contribution in [3.05, 3.63) is 4.85 Å². The minimum Gasteiger partial charge on any atom is -0.374 e. The molecule has 0 aliphatic heterocycles. The molecule has 0 unspecified atom stereocenters. The fraction of sp³-hybridized carbons (Fsp3) is 0.833. The first-order valence-corrected chi connectivity index (χ1v) is 2.82. The molecule has 8 heavy (non-hydrogen) atoms. The van der Waals surface area contributed by atoms with E-state index in [4.69, 9.17) is 4.74 Å². The van der Waals surface area contributed by atoms with Gasteiger partial charge in [-0.2, -0.15) is 0 Å². The van der Waals surface area contributed by atoms with Crippen molar-refractivity contribution in [3.8, 4) is 6.07 Å². The molecule has 2 nitrogen and oxygen atoms in total. The summed E-state index contributed by atoms with van der Waals surface area (Å²) in [5.41, 5.74) is 0. The quantitative estimate of drug-likeness (QED) is 0.505. The summed E-state index contributed by atoms with van der Waals surface area (Å²) in [5.74, 6) is 0. The highest BCUT2D eigenvalue weighted by Crippen LogP contribution is 1.73. The smallest absolute Gasteiger partial charge is 0.286 e. The van der Waals surface area contributed by atoms with Crippen molar-refractivity contribution in [3.63, 3.8) is 0 Å². The van der Waals surface area contributed by atoms with Gasteiger partial charge in [0.25, 0.3) is 12.6 Å². The molecule has 0 aromatic carbocycles. The third-order valence-electron chi connectivity index (χ3n) is 0.710. The zero-order valence-electron chi connectivity index (χ0n) is 5.48. The normalized spacial score (nSPS) is 7.75. The van der Waals surface area contributed by atoms with Crippen molar-refractivity contribution in [1.29, 1.82) is 0 Å². The van der Waals surface area contributed by atoms with Crippen LogP contribution in [0.4, 0.5) is 0 Å². The maximum Gasteiger partial charge on any atom is 0.286 e. The minimum atomic E-state index is 0.720. The number of ether oxygens (including phenoxy) is 1. The molecule has 0 saturated carbocycles. The molecule has 0 N–H and O–H groups in total. The highest BCUT2D eigenvalue weighted by molar-refractivity contribution is 4.78. The number of nitrogens with zero attached hydrogens (tertiary/aromatic N) is 1. The molecule has 0 aromatic rings. The Balaban J connectivity index is 2.79. The molecule has 46 valence electrons. The molecular formula is C6H12NO+. The summed E-state index contributed by atoms with van der Waals surface area (Å²) < 4.78 is 5.00. The van der Waals surface area contributed by atoms with Crippen LogP contribution in [0.25, 0.3) is 4.85 Å².